The van der Waals surface area contributed by atoms with Crippen LogP contribution in [0.2, 0.25) is 0 Å². The van der Waals surface area contributed by atoms with E-state index >= 15 is 0 Å². The Labute approximate surface area is 130 Å². The highest BCUT2D eigenvalue weighted by Crippen LogP contribution is 2.04. The first kappa shape index (κ1) is 15.7. The molecule has 2 rings (SSSR count). The molecule has 0 spiro atoms. The molecule has 0 unspecified atom stereocenters. The van der Waals surface area contributed by atoms with Crippen LogP contribution in [0.1, 0.15) is 18.2 Å². The lowest BCUT2D eigenvalue weighted by Gasteiger charge is -2.20. The molecule has 0 atom stereocenters. The molecule has 0 radical (unpaired) electrons. The Hall–Kier alpha value is -2.69. The van der Waals surface area contributed by atoms with Gasteiger partial charge in [-0.15, -0.1) is 0 Å². The molecule has 1 aromatic heterocycles. The summed E-state index contributed by atoms with van der Waals surface area (Å²) in [6.07, 6.45) is 1.65. The van der Waals surface area contributed by atoms with Gasteiger partial charge in [0.25, 0.3) is 0 Å². The van der Waals surface area contributed by atoms with Crippen molar-refractivity contribution in [1.82, 2.24) is 15.2 Å². The van der Waals surface area contributed by atoms with Crippen LogP contribution in [0.4, 0.5) is 0 Å². The molecule has 114 valence electrons. The van der Waals surface area contributed by atoms with Crippen LogP contribution >= 0.6 is 0 Å². The van der Waals surface area contributed by atoms with Crippen LogP contribution in [-0.4, -0.2) is 28.2 Å². The van der Waals surface area contributed by atoms with Gasteiger partial charge in [0.1, 0.15) is 0 Å². The molecule has 5 nitrogen and oxygen atoms in total. The Morgan fingerprint density at radius 2 is 1.82 bits per heavy atom. The van der Waals surface area contributed by atoms with Crippen molar-refractivity contribution in [1.29, 1.82) is 0 Å². The van der Waals surface area contributed by atoms with Crippen molar-refractivity contribution >= 4 is 11.8 Å². The second-order valence-electron chi connectivity index (χ2n) is 4.81. The van der Waals surface area contributed by atoms with Crippen LogP contribution in [0.15, 0.2) is 54.7 Å². The van der Waals surface area contributed by atoms with Gasteiger partial charge in [-0.25, -0.2) is 0 Å². The smallest absolute Gasteiger partial charge is 0.312 e. The molecule has 0 aliphatic rings. The molecule has 2 amide bonds. The SMILES string of the molecule is CCN(Cc1ccccc1)C(=O)C(=O)NCc1ccccn1. The first-order valence-corrected chi connectivity index (χ1v) is 7.21. The Morgan fingerprint density at radius 3 is 2.45 bits per heavy atom. The molecule has 0 aliphatic carbocycles. The van der Waals surface area contributed by atoms with Crippen molar-refractivity contribution in [3.8, 4) is 0 Å². The number of carbonyl (C=O) groups excluding carboxylic acids is 2. The van der Waals surface area contributed by atoms with Gasteiger partial charge >= 0.3 is 11.8 Å². The van der Waals surface area contributed by atoms with E-state index in [1.165, 1.54) is 4.90 Å². The summed E-state index contributed by atoms with van der Waals surface area (Å²) in [5, 5.41) is 2.61. The van der Waals surface area contributed by atoms with Crippen molar-refractivity contribution in [3.63, 3.8) is 0 Å². The fourth-order valence-electron chi connectivity index (χ4n) is 2.02. The maximum atomic E-state index is 12.2. The van der Waals surface area contributed by atoms with Crippen LogP contribution < -0.4 is 5.32 Å². The lowest BCUT2D eigenvalue weighted by atomic mass is 10.2. The van der Waals surface area contributed by atoms with Gasteiger partial charge in [0, 0.05) is 19.3 Å². The summed E-state index contributed by atoms with van der Waals surface area (Å²) in [7, 11) is 0. The van der Waals surface area contributed by atoms with Gasteiger partial charge in [-0.05, 0) is 24.6 Å². The number of carbonyl (C=O) groups is 2. The van der Waals surface area contributed by atoms with E-state index in [-0.39, 0.29) is 6.54 Å². The van der Waals surface area contributed by atoms with Gasteiger partial charge in [0.05, 0.1) is 12.2 Å². The lowest BCUT2D eigenvalue weighted by molar-refractivity contribution is -0.146. The second kappa shape index (κ2) is 7.93. The van der Waals surface area contributed by atoms with E-state index in [1.807, 2.05) is 43.3 Å². The summed E-state index contributed by atoms with van der Waals surface area (Å²) in [6, 6.07) is 15.0. The molecule has 0 saturated heterocycles. The first-order valence-electron chi connectivity index (χ1n) is 7.21. The van der Waals surface area contributed by atoms with Crippen molar-refractivity contribution in [2.75, 3.05) is 6.54 Å². The Kier molecular flexibility index (Phi) is 5.65. The molecule has 0 aliphatic heterocycles. The Morgan fingerprint density at radius 1 is 1.09 bits per heavy atom. The first-order chi connectivity index (χ1) is 10.7. The fourth-order valence-corrected chi connectivity index (χ4v) is 2.02. The maximum absolute atomic E-state index is 12.2. The molecule has 1 aromatic carbocycles. The average Bonchev–Trinajstić information content (AvgIpc) is 2.58. The number of hydrogen-bond donors (Lipinski definition) is 1. The zero-order valence-electron chi connectivity index (χ0n) is 12.5. The molecule has 0 saturated carbocycles. The van der Waals surface area contributed by atoms with Gasteiger partial charge in [0.2, 0.25) is 0 Å². The Balaban J connectivity index is 1.91. The highest BCUT2D eigenvalue weighted by atomic mass is 16.2. The minimum atomic E-state index is -0.608. The monoisotopic (exact) mass is 297 g/mol. The fraction of sp³-hybridized carbons (Fsp3) is 0.235. The van der Waals surface area contributed by atoms with E-state index in [0.29, 0.717) is 13.1 Å². The van der Waals surface area contributed by atoms with Gasteiger partial charge in [0.15, 0.2) is 0 Å². The molecular formula is C17H19N3O2. The van der Waals surface area contributed by atoms with Crippen LogP contribution in [0, 0.1) is 0 Å². The third kappa shape index (κ3) is 4.41. The standard InChI is InChI=1S/C17H19N3O2/c1-2-20(13-14-8-4-3-5-9-14)17(22)16(21)19-12-15-10-6-7-11-18-15/h3-11H,2,12-13H2,1H3,(H,19,21). The minimum absolute atomic E-state index is 0.244. The van der Waals surface area contributed by atoms with E-state index in [1.54, 1.807) is 18.3 Å². The summed E-state index contributed by atoms with van der Waals surface area (Å²) >= 11 is 0. The zero-order chi connectivity index (χ0) is 15.8. The summed E-state index contributed by atoms with van der Waals surface area (Å²) in [5.74, 6) is -1.13. The van der Waals surface area contributed by atoms with Crippen molar-refractivity contribution in [2.45, 2.75) is 20.0 Å². The lowest BCUT2D eigenvalue weighted by Crippen LogP contribution is -2.42. The molecular weight excluding hydrogens is 278 g/mol. The van der Waals surface area contributed by atoms with E-state index in [0.717, 1.165) is 11.3 Å². The number of likely N-dealkylation sites (N-methyl/N-ethyl adjacent to an activating group) is 1. The summed E-state index contributed by atoms with van der Waals surface area (Å²) in [6.45, 7) is 3.00. The van der Waals surface area contributed by atoms with E-state index in [9.17, 15) is 9.59 Å². The van der Waals surface area contributed by atoms with Gasteiger partial charge in [-0.3, -0.25) is 14.6 Å². The van der Waals surface area contributed by atoms with Crippen LogP contribution in [0.25, 0.3) is 0 Å². The van der Waals surface area contributed by atoms with Gasteiger partial charge < -0.3 is 10.2 Å². The summed E-state index contributed by atoms with van der Waals surface area (Å²) in [5.41, 5.74) is 1.71. The maximum Gasteiger partial charge on any atom is 0.312 e. The summed E-state index contributed by atoms with van der Waals surface area (Å²) in [4.78, 5) is 29.8. The molecule has 1 N–H and O–H groups in total. The topological polar surface area (TPSA) is 62.3 Å². The Bertz CT molecular complexity index is 614. The average molecular weight is 297 g/mol. The largest absolute Gasteiger partial charge is 0.342 e. The second-order valence-corrected chi connectivity index (χ2v) is 4.81. The van der Waals surface area contributed by atoms with E-state index in [4.69, 9.17) is 0 Å². The van der Waals surface area contributed by atoms with E-state index in [2.05, 4.69) is 10.3 Å². The predicted octanol–water partition coefficient (Wildman–Crippen LogP) is 1.75. The number of nitrogens with one attached hydrogen (secondary N) is 1. The molecule has 1 heterocycles. The summed E-state index contributed by atoms with van der Waals surface area (Å²) < 4.78 is 0. The molecule has 0 fully saturated rings. The normalized spacial score (nSPS) is 10.0. The van der Waals surface area contributed by atoms with Crippen molar-refractivity contribution in [3.05, 3.63) is 66.0 Å². The minimum Gasteiger partial charge on any atom is -0.342 e. The van der Waals surface area contributed by atoms with E-state index < -0.39 is 11.8 Å². The predicted molar refractivity (Wildman–Crippen MR) is 83.6 cm³/mol. The number of nitrogens with zero attached hydrogens (tertiary/aromatic N) is 2. The molecule has 5 heteroatoms. The van der Waals surface area contributed by atoms with Crippen LogP contribution in [0.5, 0.6) is 0 Å². The number of benzene rings is 1. The third-order valence-corrected chi connectivity index (χ3v) is 3.24. The number of rotatable bonds is 5. The third-order valence-electron chi connectivity index (χ3n) is 3.24. The molecule has 0 bridgehead atoms. The van der Waals surface area contributed by atoms with Crippen LogP contribution in [-0.2, 0) is 22.7 Å². The molecule has 22 heavy (non-hydrogen) atoms. The zero-order valence-corrected chi connectivity index (χ0v) is 12.5. The highest BCUT2D eigenvalue weighted by molar-refractivity contribution is 6.34. The number of hydrogen-bond acceptors (Lipinski definition) is 3. The van der Waals surface area contributed by atoms with Crippen molar-refractivity contribution < 1.29 is 9.59 Å². The highest BCUT2D eigenvalue weighted by Gasteiger charge is 2.20. The van der Waals surface area contributed by atoms with Gasteiger partial charge in [-0.1, -0.05) is 36.4 Å². The number of pyridine rings is 1. The van der Waals surface area contributed by atoms with Gasteiger partial charge in [-0.2, -0.15) is 0 Å². The number of amides is 2. The van der Waals surface area contributed by atoms with Crippen molar-refractivity contribution in [2.24, 2.45) is 0 Å². The quantitative estimate of drug-likeness (QED) is 0.855. The number of aromatic nitrogens is 1. The van der Waals surface area contributed by atoms with Crippen LogP contribution in [0.3, 0.4) is 0 Å². The molecule has 2 aromatic rings.